The van der Waals surface area contributed by atoms with Gasteiger partial charge in [0.05, 0.1) is 19.6 Å². The number of ether oxygens (including phenoxy) is 2. The molecular weight excluding hydrogens is 248 g/mol. The van der Waals surface area contributed by atoms with Gasteiger partial charge in [0.15, 0.2) is 0 Å². The maximum absolute atomic E-state index is 5.80. The minimum Gasteiger partial charge on any atom is -0.497 e. The summed E-state index contributed by atoms with van der Waals surface area (Å²) < 4.78 is 10.4. The normalized spacial score (nSPS) is 10.7. The summed E-state index contributed by atoms with van der Waals surface area (Å²) in [5.74, 6) is 4.55. The van der Waals surface area contributed by atoms with Crippen LogP contribution in [0.4, 0.5) is 0 Å². The summed E-state index contributed by atoms with van der Waals surface area (Å²) in [5, 5.41) is 0. The van der Waals surface area contributed by atoms with E-state index in [1.165, 1.54) is 0 Å². The van der Waals surface area contributed by atoms with Crippen molar-refractivity contribution < 1.29 is 9.47 Å². The third-order valence-electron chi connectivity index (χ3n) is 3.62. The van der Waals surface area contributed by atoms with E-state index in [1.807, 2.05) is 55.5 Å². The summed E-state index contributed by atoms with van der Waals surface area (Å²) in [6.07, 6.45) is 5.80. The van der Waals surface area contributed by atoms with Crippen molar-refractivity contribution >= 4 is 0 Å². The predicted molar refractivity (Wildman–Crippen MR) is 81.3 cm³/mol. The van der Waals surface area contributed by atoms with E-state index in [0.717, 1.165) is 22.6 Å². The average molecular weight is 266 g/mol. The Morgan fingerprint density at radius 1 is 0.800 bits per heavy atom. The van der Waals surface area contributed by atoms with Crippen molar-refractivity contribution in [1.29, 1.82) is 0 Å². The standard InChI is InChI=1S/C18H18O2/c1-5-18(2,14-6-10-16(19-3)11-7-14)15-8-12-17(20-4)13-9-15/h1,6-13H,2-4H3. The second kappa shape index (κ2) is 5.71. The smallest absolute Gasteiger partial charge is 0.118 e. The molecule has 0 saturated carbocycles. The lowest BCUT2D eigenvalue weighted by molar-refractivity contribution is 0.414. The van der Waals surface area contributed by atoms with Crippen LogP contribution in [0.15, 0.2) is 48.5 Å². The summed E-state index contributed by atoms with van der Waals surface area (Å²) in [4.78, 5) is 0. The Kier molecular flexibility index (Phi) is 4.00. The minimum atomic E-state index is -0.474. The first-order chi connectivity index (χ1) is 9.63. The summed E-state index contributed by atoms with van der Waals surface area (Å²) in [6.45, 7) is 2.04. The summed E-state index contributed by atoms with van der Waals surface area (Å²) in [7, 11) is 3.30. The molecule has 0 unspecified atom stereocenters. The van der Waals surface area contributed by atoms with Gasteiger partial charge in [0, 0.05) is 0 Å². The maximum Gasteiger partial charge on any atom is 0.118 e. The van der Waals surface area contributed by atoms with Crippen LogP contribution in [0, 0.1) is 12.3 Å². The molecule has 2 aromatic rings. The Bertz CT molecular complexity index is 556. The van der Waals surface area contributed by atoms with Crippen LogP contribution in [0.2, 0.25) is 0 Å². The SMILES string of the molecule is C#CC(C)(c1ccc(OC)cc1)c1ccc(OC)cc1. The Morgan fingerprint density at radius 2 is 1.15 bits per heavy atom. The van der Waals surface area contributed by atoms with Crippen LogP contribution >= 0.6 is 0 Å². The monoisotopic (exact) mass is 266 g/mol. The van der Waals surface area contributed by atoms with E-state index in [4.69, 9.17) is 15.9 Å². The maximum atomic E-state index is 5.80. The molecule has 0 N–H and O–H groups in total. The van der Waals surface area contributed by atoms with Gasteiger partial charge in [0.2, 0.25) is 0 Å². The highest BCUT2D eigenvalue weighted by molar-refractivity contribution is 5.48. The molecule has 2 aromatic carbocycles. The van der Waals surface area contributed by atoms with Gasteiger partial charge in [-0.15, -0.1) is 6.42 Å². The molecule has 2 heteroatoms. The third kappa shape index (κ3) is 2.48. The van der Waals surface area contributed by atoms with Gasteiger partial charge >= 0.3 is 0 Å². The van der Waals surface area contributed by atoms with E-state index < -0.39 is 5.41 Å². The second-order valence-electron chi connectivity index (χ2n) is 4.73. The zero-order chi connectivity index (χ0) is 14.6. The fraction of sp³-hybridized carbons (Fsp3) is 0.222. The lowest BCUT2D eigenvalue weighted by Gasteiger charge is -2.25. The topological polar surface area (TPSA) is 18.5 Å². The van der Waals surface area contributed by atoms with Crippen molar-refractivity contribution in [2.75, 3.05) is 14.2 Å². The van der Waals surface area contributed by atoms with Crippen LogP contribution in [0.25, 0.3) is 0 Å². The fourth-order valence-corrected chi connectivity index (χ4v) is 2.18. The summed E-state index contributed by atoms with van der Waals surface area (Å²) >= 11 is 0. The van der Waals surface area contributed by atoms with Gasteiger partial charge < -0.3 is 9.47 Å². The molecule has 0 heterocycles. The van der Waals surface area contributed by atoms with Gasteiger partial charge in [-0.25, -0.2) is 0 Å². The molecule has 0 aromatic heterocycles. The van der Waals surface area contributed by atoms with E-state index in [-0.39, 0.29) is 0 Å². The zero-order valence-electron chi connectivity index (χ0n) is 12.0. The summed E-state index contributed by atoms with van der Waals surface area (Å²) in [5.41, 5.74) is 1.65. The average Bonchev–Trinajstić information content (AvgIpc) is 2.54. The fourth-order valence-electron chi connectivity index (χ4n) is 2.18. The van der Waals surface area contributed by atoms with Crippen LogP contribution in [0.3, 0.4) is 0 Å². The molecule has 0 fully saturated rings. The van der Waals surface area contributed by atoms with Gasteiger partial charge in [-0.3, -0.25) is 0 Å². The van der Waals surface area contributed by atoms with Crippen LogP contribution < -0.4 is 9.47 Å². The molecule has 102 valence electrons. The van der Waals surface area contributed by atoms with E-state index in [2.05, 4.69) is 5.92 Å². The number of benzene rings is 2. The molecule has 0 radical (unpaired) electrons. The van der Waals surface area contributed by atoms with Crippen molar-refractivity contribution in [2.24, 2.45) is 0 Å². The highest BCUT2D eigenvalue weighted by Gasteiger charge is 2.26. The van der Waals surface area contributed by atoms with Gasteiger partial charge in [-0.2, -0.15) is 0 Å². The molecule has 0 aliphatic rings. The Hall–Kier alpha value is -2.40. The molecular formula is C18H18O2. The molecule has 0 aliphatic carbocycles. The quantitative estimate of drug-likeness (QED) is 0.787. The number of terminal acetylenes is 1. The number of hydrogen-bond donors (Lipinski definition) is 0. The Labute approximate surface area is 120 Å². The Morgan fingerprint density at radius 3 is 1.40 bits per heavy atom. The molecule has 0 spiro atoms. The number of methoxy groups -OCH3 is 2. The molecule has 0 saturated heterocycles. The molecule has 2 rings (SSSR count). The number of rotatable bonds is 4. The van der Waals surface area contributed by atoms with Gasteiger partial charge in [0.1, 0.15) is 11.5 Å². The van der Waals surface area contributed by atoms with Crippen LogP contribution in [0.1, 0.15) is 18.1 Å². The molecule has 0 bridgehead atoms. The lowest BCUT2D eigenvalue weighted by atomic mass is 9.77. The predicted octanol–water partition coefficient (Wildman–Crippen LogP) is 3.64. The highest BCUT2D eigenvalue weighted by atomic mass is 16.5. The highest BCUT2D eigenvalue weighted by Crippen LogP contribution is 2.33. The van der Waals surface area contributed by atoms with Crippen molar-refractivity contribution in [2.45, 2.75) is 12.3 Å². The van der Waals surface area contributed by atoms with E-state index in [1.54, 1.807) is 14.2 Å². The van der Waals surface area contributed by atoms with E-state index in [0.29, 0.717) is 0 Å². The van der Waals surface area contributed by atoms with Crippen molar-refractivity contribution in [3.63, 3.8) is 0 Å². The minimum absolute atomic E-state index is 0.474. The van der Waals surface area contributed by atoms with Gasteiger partial charge in [0.25, 0.3) is 0 Å². The second-order valence-corrected chi connectivity index (χ2v) is 4.73. The van der Waals surface area contributed by atoms with Crippen molar-refractivity contribution in [3.8, 4) is 23.8 Å². The van der Waals surface area contributed by atoms with Gasteiger partial charge in [-0.05, 0) is 42.3 Å². The third-order valence-corrected chi connectivity index (χ3v) is 3.62. The van der Waals surface area contributed by atoms with Gasteiger partial charge in [-0.1, -0.05) is 30.2 Å². The zero-order valence-corrected chi connectivity index (χ0v) is 12.0. The molecule has 0 amide bonds. The largest absolute Gasteiger partial charge is 0.497 e. The van der Waals surface area contributed by atoms with E-state index in [9.17, 15) is 0 Å². The first-order valence-electron chi connectivity index (χ1n) is 6.41. The lowest BCUT2D eigenvalue weighted by Crippen LogP contribution is -2.21. The van der Waals surface area contributed by atoms with Crippen LogP contribution in [-0.4, -0.2) is 14.2 Å². The van der Waals surface area contributed by atoms with Crippen LogP contribution in [-0.2, 0) is 5.41 Å². The molecule has 0 atom stereocenters. The Balaban J connectivity index is 2.43. The van der Waals surface area contributed by atoms with Crippen molar-refractivity contribution in [3.05, 3.63) is 59.7 Å². The molecule has 2 nitrogen and oxygen atoms in total. The molecule has 20 heavy (non-hydrogen) atoms. The van der Waals surface area contributed by atoms with E-state index >= 15 is 0 Å². The summed E-state index contributed by atoms with van der Waals surface area (Å²) in [6, 6.07) is 15.7. The first kappa shape index (κ1) is 14.0. The molecule has 0 aliphatic heterocycles. The first-order valence-corrected chi connectivity index (χ1v) is 6.41. The number of hydrogen-bond acceptors (Lipinski definition) is 2. The van der Waals surface area contributed by atoms with Crippen LogP contribution in [0.5, 0.6) is 11.5 Å². The van der Waals surface area contributed by atoms with Crippen molar-refractivity contribution in [1.82, 2.24) is 0 Å².